The van der Waals surface area contributed by atoms with Crippen molar-refractivity contribution in [1.29, 1.82) is 0 Å². The highest BCUT2D eigenvalue weighted by atomic mass is 16.4. The maximum Gasteiger partial charge on any atom is 0.326 e. The van der Waals surface area contributed by atoms with Gasteiger partial charge in [-0.05, 0) is 38.6 Å². The molecular weight excluding hydrogens is 396 g/mol. The molecule has 0 aromatic heterocycles. The second-order valence-corrected chi connectivity index (χ2v) is 7.43. The number of unbranched alkanes of at least 4 members (excludes halogenated alkanes) is 1. The van der Waals surface area contributed by atoms with Crippen LogP contribution in [0.3, 0.4) is 0 Å². The van der Waals surface area contributed by atoms with Crippen LogP contribution in [0.25, 0.3) is 0 Å². The first-order valence-corrected chi connectivity index (χ1v) is 9.78. The fourth-order valence-electron chi connectivity index (χ4n) is 2.52. The minimum absolute atomic E-state index is 0.285. The Labute approximate surface area is 175 Å². The van der Waals surface area contributed by atoms with Gasteiger partial charge in [0.25, 0.3) is 0 Å². The average molecular weight is 431 g/mol. The third-order valence-electron chi connectivity index (χ3n) is 4.26. The van der Waals surface area contributed by atoms with Crippen molar-refractivity contribution in [3.63, 3.8) is 0 Å². The minimum Gasteiger partial charge on any atom is -0.480 e. The lowest BCUT2D eigenvalue weighted by molar-refractivity contribution is -0.144. The van der Waals surface area contributed by atoms with Crippen LogP contribution >= 0.6 is 0 Å². The number of nitrogens with two attached hydrogens (primary N) is 3. The molecule has 0 radical (unpaired) electrons. The van der Waals surface area contributed by atoms with Gasteiger partial charge in [-0.2, -0.15) is 0 Å². The van der Waals surface area contributed by atoms with E-state index in [1.54, 1.807) is 13.8 Å². The molecule has 0 aromatic carbocycles. The van der Waals surface area contributed by atoms with Gasteiger partial charge in [-0.15, -0.1) is 0 Å². The van der Waals surface area contributed by atoms with Gasteiger partial charge in [-0.3, -0.25) is 19.2 Å². The molecule has 0 aliphatic carbocycles. The van der Waals surface area contributed by atoms with Gasteiger partial charge in [0.1, 0.15) is 18.1 Å². The van der Waals surface area contributed by atoms with Crippen molar-refractivity contribution in [2.24, 2.45) is 23.1 Å². The predicted octanol–water partition coefficient (Wildman–Crippen LogP) is -2.47. The summed E-state index contributed by atoms with van der Waals surface area (Å²) in [6.45, 7) is 5.19. The lowest BCUT2D eigenvalue weighted by atomic mass is 10.0. The number of carbonyl (C=O) groups is 5. The molecule has 4 atom stereocenters. The molecule has 172 valence electrons. The standard InChI is InChI=1S/C18H34N6O6/c1-9(2)14(17(28)23-12(18(29)30)8-13(21)25)24-16(27)11(6-4-5-7-19)22-15(26)10(3)20/h9-12,14H,4-8,19-20H2,1-3H3,(H2,21,25)(H,22,26)(H,23,28)(H,24,27)(H,29,30). The topological polar surface area (TPSA) is 220 Å². The molecule has 12 heteroatoms. The van der Waals surface area contributed by atoms with E-state index in [0.717, 1.165) is 0 Å². The summed E-state index contributed by atoms with van der Waals surface area (Å²) in [5.41, 5.74) is 16.0. The number of carboxylic acids is 1. The first-order chi connectivity index (χ1) is 13.9. The number of primary amides is 1. The lowest BCUT2D eigenvalue weighted by Crippen LogP contribution is -2.58. The third-order valence-corrected chi connectivity index (χ3v) is 4.26. The summed E-state index contributed by atoms with van der Waals surface area (Å²) < 4.78 is 0. The van der Waals surface area contributed by atoms with E-state index in [2.05, 4.69) is 16.0 Å². The van der Waals surface area contributed by atoms with E-state index in [-0.39, 0.29) is 6.42 Å². The molecule has 0 saturated heterocycles. The Balaban J connectivity index is 5.33. The molecule has 4 unspecified atom stereocenters. The van der Waals surface area contributed by atoms with Crippen molar-refractivity contribution in [2.75, 3.05) is 6.54 Å². The van der Waals surface area contributed by atoms with E-state index >= 15 is 0 Å². The van der Waals surface area contributed by atoms with Crippen molar-refractivity contribution in [3.8, 4) is 0 Å². The van der Waals surface area contributed by atoms with Crippen LogP contribution in [-0.4, -0.2) is 65.4 Å². The highest BCUT2D eigenvalue weighted by molar-refractivity contribution is 5.94. The van der Waals surface area contributed by atoms with Gasteiger partial charge in [-0.25, -0.2) is 4.79 Å². The maximum atomic E-state index is 12.7. The molecule has 0 aromatic rings. The summed E-state index contributed by atoms with van der Waals surface area (Å²) in [7, 11) is 0. The molecule has 0 saturated carbocycles. The molecule has 4 amide bonds. The molecule has 0 fully saturated rings. The van der Waals surface area contributed by atoms with Crippen molar-refractivity contribution in [2.45, 2.75) is 70.6 Å². The molecule has 30 heavy (non-hydrogen) atoms. The van der Waals surface area contributed by atoms with Gasteiger partial charge in [0.15, 0.2) is 0 Å². The zero-order valence-electron chi connectivity index (χ0n) is 17.6. The molecular formula is C18H34N6O6. The van der Waals surface area contributed by atoms with E-state index in [1.807, 2.05) is 0 Å². The number of amides is 4. The zero-order chi connectivity index (χ0) is 23.4. The van der Waals surface area contributed by atoms with Crippen LogP contribution < -0.4 is 33.2 Å². The molecule has 0 rings (SSSR count). The van der Waals surface area contributed by atoms with Crippen molar-refractivity contribution in [1.82, 2.24) is 16.0 Å². The first-order valence-electron chi connectivity index (χ1n) is 9.78. The lowest BCUT2D eigenvalue weighted by Gasteiger charge is -2.26. The van der Waals surface area contributed by atoms with Crippen LogP contribution in [0.4, 0.5) is 0 Å². The highest BCUT2D eigenvalue weighted by Gasteiger charge is 2.31. The zero-order valence-corrected chi connectivity index (χ0v) is 17.6. The van der Waals surface area contributed by atoms with Crippen LogP contribution in [0.15, 0.2) is 0 Å². The summed E-state index contributed by atoms with van der Waals surface area (Å²) in [6.07, 6.45) is 0.894. The van der Waals surface area contributed by atoms with Gasteiger partial charge in [-0.1, -0.05) is 13.8 Å². The summed E-state index contributed by atoms with van der Waals surface area (Å²) >= 11 is 0. The fourth-order valence-corrected chi connectivity index (χ4v) is 2.52. The predicted molar refractivity (Wildman–Crippen MR) is 109 cm³/mol. The van der Waals surface area contributed by atoms with Gasteiger partial charge >= 0.3 is 5.97 Å². The Bertz CT molecular complexity index is 624. The minimum atomic E-state index is -1.52. The number of carbonyl (C=O) groups excluding carboxylic acids is 4. The van der Waals surface area contributed by atoms with Crippen LogP contribution in [-0.2, 0) is 24.0 Å². The molecule has 12 nitrogen and oxygen atoms in total. The van der Waals surface area contributed by atoms with E-state index in [4.69, 9.17) is 22.3 Å². The van der Waals surface area contributed by atoms with E-state index in [1.165, 1.54) is 6.92 Å². The van der Waals surface area contributed by atoms with Gasteiger partial charge < -0.3 is 38.3 Å². The Morgan fingerprint density at radius 1 is 0.867 bits per heavy atom. The van der Waals surface area contributed by atoms with Gasteiger partial charge in [0.05, 0.1) is 12.5 Å². The smallest absolute Gasteiger partial charge is 0.326 e. The first kappa shape index (κ1) is 27.3. The second kappa shape index (κ2) is 13.5. The van der Waals surface area contributed by atoms with E-state index in [0.29, 0.717) is 19.4 Å². The monoisotopic (exact) mass is 430 g/mol. The number of nitrogens with one attached hydrogen (secondary N) is 3. The van der Waals surface area contributed by atoms with Crippen LogP contribution in [0, 0.1) is 5.92 Å². The largest absolute Gasteiger partial charge is 0.480 e. The summed E-state index contributed by atoms with van der Waals surface area (Å²) in [6, 6.07) is -4.39. The number of aliphatic carboxylic acids is 1. The Morgan fingerprint density at radius 2 is 1.43 bits per heavy atom. The Kier molecular flexibility index (Phi) is 12.3. The summed E-state index contributed by atoms with van der Waals surface area (Å²) in [5, 5.41) is 16.4. The van der Waals surface area contributed by atoms with E-state index in [9.17, 15) is 24.0 Å². The maximum absolute atomic E-state index is 12.7. The summed E-state index contributed by atoms with van der Waals surface area (Å²) in [4.78, 5) is 59.5. The highest BCUT2D eigenvalue weighted by Crippen LogP contribution is 2.07. The average Bonchev–Trinajstić information content (AvgIpc) is 2.63. The molecule has 0 aliphatic heterocycles. The van der Waals surface area contributed by atoms with E-state index < -0.39 is 66.1 Å². The van der Waals surface area contributed by atoms with Crippen molar-refractivity contribution < 1.29 is 29.1 Å². The molecule has 0 spiro atoms. The van der Waals surface area contributed by atoms with Gasteiger partial charge in [0.2, 0.25) is 23.6 Å². The van der Waals surface area contributed by atoms with Gasteiger partial charge in [0, 0.05) is 0 Å². The SMILES string of the molecule is CC(N)C(=O)NC(CCCCN)C(=O)NC(C(=O)NC(CC(N)=O)C(=O)O)C(C)C. The van der Waals surface area contributed by atoms with Crippen molar-refractivity contribution in [3.05, 3.63) is 0 Å². The number of rotatable bonds is 14. The Hall–Kier alpha value is -2.73. The van der Waals surface area contributed by atoms with Crippen LogP contribution in [0.1, 0.15) is 46.5 Å². The normalized spacial score (nSPS) is 14.9. The Morgan fingerprint density at radius 3 is 1.87 bits per heavy atom. The van der Waals surface area contributed by atoms with Crippen LogP contribution in [0.2, 0.25) is 0 Å². The molecule has 0 heterocycles. The van der Waals surface area contributed by atoms with Crippen LogP contribution in [0.5, 0.6) is 0 Å². The third kappa shape index (κ3) is 10.2. The second-order valence-electron chi connectivity index (χ2n) is 7.43. The number of hydrogen-bond acceptors (Lipinski definition) is 7. The molecule has 0 aliphatic rings. The quantitative estimate of drug-likeness (QED) is 0.146. The molecule has 0 bridgehead atoms. The number of hydrogen-bond donors (Lipinski definition) is 7. The summed E-state index contributed by atoms with van der Waals surface area (Å²) in [5.74, 6) is -4.67. The number of carboxylic acid groups (broad SMARTS) is 1. The van der Waals surface area contributed by atoms with Crippen molar-refractivity contribution >= 4 is 29.6 Å². The molecule has 10 N–H and O–H groups in total. The fraction of sp³-hybridized carbons (Fsp3) is 0.722.